The molecule has 0 unspecified atom stereocenters. The second kappa shape index (κ2) is 5.14. The molecule has 4 nitrogen and oxygen atoms in total. The zero-order valence-corrected chi connectivity index (χ0v) is 7.45. The SMILES string of the molecule is CO[NH2+]/C=C\C=C1/CNC=C1C#N. The van der Waals surface area contributed by atoms with E-state index >= 15 is 0 Å². The standard InChI is InChI=1S/C9H11N3O/c1-13-12-4-2-3-8-6-11-7-9(8)5-10/h2-4,7,11-12H,6H2,1H3/p+1/b4-2-,8-3+. The maximum Gasteiger partial charge on any atom is 0.125 e. The van der Waals surface area contributed by atoms with Crippen LogP contribution in [0.2, 0.25) is 0 Å². The lowest BCUT2D eigenvalue weighted by molar-refractivity contribution is -0.842. The van der Waals surface area contributed by atoms with E-state index in [4.69, 9.17) is 10.1 Å². The molecule has 0 saturated carbocycles. The Bertz CT molecular complexity index is 296. The lowest BCUT2D eigenvalue weighted by Crippen LogP contribution is -2.75. The molecule has 0 saturated heterocycles. The summed E-state index contributed by atoms with van der Waals surface area (Å²) in [5.74, 6) is 0. The molecule has 4 heteroatoms. The maximum absolute atomic E-state index is 8.68. The van der Waals surface area contributed by atoms with Gasteiger partial charge < -0.3 is 5.32 Å². The van der Waals surface area contributed by atoms with Gasteiger partial charge in [-0.2, -0.15) is 10.7 Å². The first-order valence-electron chi connectivity index (χ1n) is 3.94. The fraction of sp³-hybridized carbons (Fsp3) is 0.222. The van der Waals surface area contributed by atoms with Crippen molar-refractivity contribution in [2.45, 2.75) is 0 Å². The molecule has 0 radical (unpaired) electrons. The van der Waals surface area contributed by atoms with E-state index in [0.29, 0.717) is 5.57 Å². The molecular formula is C9H12N3O+. The number of nitrogens with one attached hydrogen (secondary N) is 1. The number of hydrogen-bond donors (Lipinski definition) is 2. The topological polar surface area (TPSA) is 61.7 Å². The Morgan fingerprint density at radius 2 is 2.62 bits per heavy atom. The molecule has 3 N–H and O–H groups in total. The van der Waals surface area contributed by atoms with Gasteiger partial charge in [0.1, 0.15) is 12.3 Å². The normalized spacial score (nSPS) is 18.8. The quantitative estimate of drug-likeness (QED) is 0.576. The Morgan fingerprint density at radius 3 is 3.31 bits per heavy atom. The Kier molecular flexibility index (Phi) is 3.76. The van der Waals surface area contributed by atoms with Crippen LogP contribution in [0.4, 0.5) is 0 Å². The number of nitriles is 1. The van der Waals surface area contributed by atoms with Crippen LogP contribution in [0, 0.1) is 11.3 Å². The molecule has 0 spiro atoms. The summed E-state index contributed by atoms with van der Waals surface area (Å²) >= 11 is 0. The highest BCUT2D eigenvalue weighted by molar-refractivity contribution is 5.47. The molecule has 1 aliphatic rings. The van der Waals surface area contributed by atoms with Crippen LogP contribution in [0.5, 0.6) is 0 Å². The van der Waals surface area contributed by atoms with Crippen LogP contribution in [0.25, 0.3) is 0 Å². The van der Waals surface area contributed by atoms with Crippen molar-refractivity contribution in [2.24, 2.45) is 0 Å². The minimum atomic E-state index is 0.696. The zero-order valence-electron chi connectivity index (χ0n) is 7.45. The second-order valence-corrected chi connectivity index (χ2v) is 2.50. The smallest absolute Gasteiger partial charge is 0.125 e. The van der Waals surface area contributed by atoms with Gasteiger partial charge in [0.2, 0.25) is 0 Å². The predicted octanol–water partition coefficient (Wildman–Crippen LogP) is -0.438. The summed E-state index contributed by atoms with van der Waals surface area (Å²) in [5, 5.41) is 11.7. The number of nitrogens with two attached hydrogens (primary N) is 1. The highest BCUT2D eigenvalue weighted by Crippen LogP contribution is 2.11. The van der Waals surface area contributed by atoms with Gasteiger partial charge in [0.25, 0.3) is 0 Å². The van der Waals surface area contributed by atoms with Gasteiger partial charge in [-0.05, 0) is 11.6 Å². The summed E-state index contributed by atoms with van der Waals surface area (Å²) in [6.07, 6.45) is 7.24. The number of rotatable bonds is 3. The Labute approximate surface area is 77.1 Å². The number of hydrogen-bond acceptors (Lipinski definition) is 3. The van der Waals surface area contributed by atoms with Gasteiger partial charge in [0, 0.05) is 12.7 Å². The van der Waals surface area contributed by atoms with Gasteiger partial charge >= 0.3 is 0 Å². The van der Waals surface area contributed by atoms with Crippen molar-refractivity contribution >= 4 is 0 Å². The van der Waals surface area contributed by atoms with Crippen molar-refractivity contribution in [3.05, 3.63) is 35.7 Å². The fourth-order valence-corrected chi connectivity index (χ4v) is 0.999. The summed E-state index contributed by atoms with van der Waals surface area (Å²) < 4.78 is 0. The van der Waals surface area contributed by atoms with E-state index in [1.807, 2.05) is 12.2 Å². The third-order valence-corrected chi connectivity index (χ3v) is 1.63. The van der Waals surface area contributed by atoms with Gasteiger partial charge in [0.15, 0.2) is 0 Å². The lowest BCUT2D eigenvalue weighted by Gasteiger charge is -1.91. The number of allylic oxidation sites excluding steroid dienone is 2. The van der Waals surface area contributed by atoms with E-state index in [9.17, 15) is 0 Å². The van der Waals surface area contributed by atoms with E-state index in [1.54, 1.807) is 25.0 Å². The molecule has 0 aliphatic carbocycles. The third kappa shape index (κ3) is 2.75. The van der Waals surface area contributed by atoms with Gasteiger partial charge in [-0.3, -0.25) is 0 Å². The molecule has 1 rings (SSSR count). The van der Waals surface area contributed by atoms with Crippen LogP contribution in [-0.2, 0) is 4.84 Å². The van der Waals surface area contributed by atoms with Crippen molar-refractivity contribution in [2.75, 3.05) is 13.7 Å². The molecule has 1 aliphatic heterocycles. The first kappa shape index (κ1) is 9.52. The predicted molar refractivity (Wildman–Crippen MR) is 47.9 cm³/mol. The monoisotopic (exact) mass is 178 g/mol. The number of nitrogens with zero attached hydrogens (tertiary/aromatic N) is 1. The lowest BCUT2D eigenvalue weighted by atomic mass is 10.1. The van der Waals surface area contributed by atoms with Crippen molar-refractivity contribution in [3.8, 4) is 6.07 Å². The zero-order chi connectivity index (χ0) is 9.52. The molecule has 0 bridgehead atoms. The minimum Gasteiger partial charge on any atom is -0.386 e. The van der Waals surface area contributed by atoms with Crippen molar-refractivity contribution in [1.29, 1.82) is 5.26 Å². The van der Waals surface area contributed by atoms with Crippen molar-refractivity contribution < 1.29 is 10.3 Å². The van der Waals surface area contributed by atoms with Crippen LogP contribution in [0.3, 0.4) is 0 Å². The van der Waals surface area contributed by atoms with E-state index in [-0.39, 0.29) is 0 Å². The van der Waals surface area contributed by atoms with Crippen molar-refractivity contribution in [1.82, 2.24) is 5.32 Å². The molecule has 1 heterocycles. The number of quaternary nitrogens is 1. The molecular weight excluding hydrogens is 166 g/mol. The minimum absolute atomic E-state index is 0.696. The first-order valence-corrected chi connectivity index (χ1v) is 3.94. The largest absolute Gasteiger partial charge is 0.386 e. The Morgan fingerprint density at radius 1 is 1.77 bits per heavy atom. The van der Waals surface area contributed by atoms with Crippen LogP contribution in [-0.4, -0.2) is 13.7 Å². The summed E-state index contributed by atoms with van der Waals surface area (Å²) in [4.78, 5) is 4.72. The van der Waals surface area contributed by atoms with E-state index < -0.39 is 0 Å². The molecule has 0 amide bonds. The summed E-state index contributed by atoms with van der Waals surface area (Å²) in [5.41, 5.74) is 3.28. The van der Waals surface area contributed by atoms with Gasteiger partial charge in [-0.15, -0.1) is 0 Å². The molecule has 68 valence electrons. The number of hydroxylamine groups is 1. The maximum atomic E-state index is 8.68. The third-order valence-electron chi connectivity index (χ3n) is 1.63. The molecule has 13 heavy (non-hydrogen) atoms. The Balaban J connectivity index is 2.53. The molecule has 0 aromatic rings. The summed E-state index contributed by atoms with van der Waals surface area (Å²) in [6, 6.07) is 2.11. The van der Waals surface area contributed by atoms with Gasteiger partial charge in [-0.1, -0.05) is 6.08 Å². The van der Waals surface area contributed by atoms with E-state index in [0.717, 1.165) is 12.1 Å². The van der Waals surface area contributed by atoms with Crippen LogP contribution in [0.15, 0.2) is 35.7 Å². The molecule has 0 atom stereocenters. The average Bonchev–Trinajstić information content (AvgIpc) is 2.60. The van der Waals surface area contributed by atoms with Crippen molar-refractivity contribution in [3.63, 3.8) is 0 Å². The highest BCUT2D eigenvalue weighted by atomic mass is 16.6. The van der Waals surface area contributed by atoms with E-state index in [2.05, 4.69) is 11.4 Å². The fourth-order valence-electron chi connectivity index (χ4n) is 0.999. The van der Waals surface area contributed by atoms with Crippen LogP contribution in [0.1, 0.15) is 0 Å². The van der Waals surface area contributed by atoms with Gasteiger partial charge in [-0.25, -0.2) is 4.84 Å². The Hall–Kier alpha value is -1.57. The average molecular weight is 178 g/mol. The molecule has 0 aromatic heterocycles. The van der Waals surface area contributed by atoms with Crippen LogP contribution < -0.4 is 10.8 Å². The highest BCUT2D eigenvalue weighted by Gasteiger charge is 2.08. The van der Waals surface area contributed by atoms with E-state index in [1.165, 1.54) is 0 Å². The molecule has 0 fully saturated rings. The molecule has 0 aromatic carbocycles. The second-order valence-electron chi connectivity index (χ2n) is 2.50. The summed E-state index contributed by atoms with van der Waals surface area (Å²) in [7, 11) is 1.59. The van der Waals surface area contributed by atoms with Gasteiger partial charge in [0.05, 0.1) is 12.7 Å². The first-order chi connectivity index (χ1) is 6.38. The summed E-state index contributed by atoms with van der Waals surface area (Å²) in [6.45, 7) is 0.722. The van der Waals surface area contributed by atoms with Crippen LogP contribution >= 0.6 is 0 Å².